The minimum Gasteiger partial charge on any atom is -0.504 e. The third-order valence-corrected chi connectivity index (χ3v) is 3.78. The van der Waals surface area contributed by atoms with Gasteiger partial charge < -0.3 is 9.84 Å². The molecule has 0 aliphatic carbocycles. The van der Waals surface area contributed by atoms with Crippen LogP contribution >= 0.6 is 0 Å². The molecule has 0 bridgehead atoms. The number of nitrogens with zero attached hydrogens (tertiary/aromatic N) is 6. The summed E-state index contributed by atoms with van der Waals surface area (Å²) in [5.41, 5.74) is 3.51. The maximum absolute atomic E-state index is 9.76. The molecule has 0 radical (unpaired) electrons. The summed E-state index contributed by atoms with van der Waals surface area (Å²) in [6, 6.07) is 8.86. The zero-order valence-corrected chi connectivity index (χ0v) is 15.8. The quantitative estimate of drug-likeness (QED) is 0.666. The lowest BCUT2D eigenvalue weighted by Crippen LogP contribution is -2.05. The van der Waals surface area contributed by atoms with Gasteiger partial charge in [-0.15, -0.1) is 5.11 Å². The molecule has 0 unspecified atom stereocenters. The molecule has 3 aromatic rings. The largest absolute Gasteiger partial charge is 0.504 e. The highest BCUT2D eigenvalue weighted by Gasteiger charge is 2.09. The van der Waals surface area contributed by atoms with Crippen LogP contribution in [0.25, 0.3) is 5.95 Å². The molecule has 0 fully saturated rings. The Kier molecular flexibility index (Phi) is 5.44. The Morgan fingerprint density at radius 3 is 2.59 bits per heavy atom. The van der Waals surface area contributed by atoms with E-state index in [1.807, 2.05) is 33.8 Å². The molecular formula is C19H22N6O2. The van der Waals surface area contributed by atoms with Gasteiger partial charge in [0, 0.05) is 17.5 Å². The van der Waals surface area contributed by atoms with Crippen molar-refractivity contribution >= 4 is 5.82 Å². The van der Waals surface area contributed by atoms with Gasteiger partial charge >= 0.3 is 0 Å². The van der Waals surface area contributed by atoms with Crippen molar-refractivity contribution in [2.24, 2.45) is 10.2 Å². The third kappa shape index (κ3) is 4.46. The van der Waals surface area contributed by atoms with Crippen LogP contribution in [-0.4, -0.2) is 31.5 Å². The molecule has 8 nitrogen and oxygen atoms in total. The maximum atomic E-state index is 9.76. The summed E-state index contributed by atoms with van der Waals surface area (Å²) in [5.74, 6) is 1.49. The minimum absolute atomic E-state index is 0.110. The summed E-state index contributed by atoms with van der Waals surface area (Å²) in [4.78, 5) is 8.86. The first-order valence-corrected chi connectivity index (χ1v) is 8.67. The Balaban J connectivity index is 1.80. The van der Waals surface area contributed by atoms with Gasteiger partial charge in [-0.3, -0.25) is 0 Å². The van der Waals surface area contributed by atoms with Gasteiger partial charge in [-0.2, -0.15) is 15.2 Å². The summed E-state index contributed by atoms with van der Waals surface area (Å²) in [6.45, 7) is 8.45. The predicted molar refractivity (Wildman–Crippen MR) is 101 cm³/mol. The number of aromatic nitrogens is 4. The third-order valence-electron chi connectivity index (χ3n) is 3.78. The Hall–Kier alpha value is -3.29. The van der Waals surface area contributed by atoms with Gasteiger partial charge in [-0.25, -0.2) is 9.67 Å². The van der Waals surface area contributed by atoms with Crippen LogP contribution in [0.4, 0.5) is 5.82 Å². The molecular weight excluding hydrogens is 344 g/mol. The fourth-order valence-electron chi connectivity index (χ4n) is 2.63. The Morgan fingerprint density at radius 2 is 1.89 bits per heavy atom. The van der Waals surface area contributed by atoms with E-state index in [4.69, 9.17) is 4.74 Å². The second-order valence-corrected chi connectivity index (χ2v) is 6.14. The lowest BCUT2D eigenvalue weighted by molar-refractivity contribution is 0.318. The standard InChI is InChI=1S/C19H22N6O2/c1-5-27-17-10-15(6-7-16(17)26)11-20-23-18-9-12(2)21-19(22-18)25-14(4)8-13(3)24-25/h6-10,26H,5,11H2,1-4H3. The molecule has 0 saturated heterocycles. The number of hydrogen-bond acceptors (Lipinski definition) is 7. The smallest absolute Gasteiger partial charge is 0.253 e. The maximum Gasteiger partial charge on any atom is 0.253 e. The van der Waals surface area contributed by atoms with Crippen LogP contribution in [0.5, 0.6) is 11.5 Å². The van der Waals surface area contributed by atoms with E-state index in [9.17, 15) is 5.11 Å². The highest BCUT2D eigenvalue weighted by Crippen LogP contribution is 2.27. The van der Waals surface area contributed by atoms with Crippen molar-refractivity contribution in [1.82, 2.24) is 19.7 Å². The lowest BCUT2D eigenvalue weighted by atomic mass is 10.2. The van der Waals surface area contributed by atoms with E-state index in [1.165, 1.54) is 0 Å². The van der Waals surface area contributed by atoms with Crippen LogP contribution in [-0.2, 0) is 6.54 Å². The second-order valence-electron chi connectivity index (χ2n) is 6.14. The molecule has 0 atom stereocenters. The summed E-state index contributed by atoms with van der Waals surface area (Å²) in [6.07, 6.45) is 0. The number of azo groups is 1. The molecule has 8 heteroatoms. The van der Waals surface area contributed by atoms with E-state index in [0.29, 0.717) is 30.7 Å². The fourth-order valence-corrected chi connectivity index (χ4v) is 2.63. The number of rotatable bonds is 6. The Labute approximate surface area is 157 Å². The summed E-state index contributed by atoms with van der Waals surface area (Å²) in [7, 11) is 0. The van der Waals surface area contributed by atoms with E-state index in [0.717, 1.165) is 22.6 Å². The molecule has 3 rings (SSSR count). The molecule has 0 aliphatic rings. The first-order chi connectivity index (χ1) is 13.0. The van der Waals surface area contributed by atoms with Crippen LogP contribution in [0.15, 0.2) is 40.6 Å². The van der Waals surface area contributed by atoms with Crippen LogP contribution in [0, 0.1) is 20.8 Å². The second kappa shape index (κ2) is 7.94. The average Bonchev–Trinajstić information content (AvgIpc) is 2.96. The van der Waals surface area contributed by atoms with E-state index in [1.54, 1.807) is 28.9 Å². The average molecular weight is 366 g/mol. The highest BCUT2D eigenvalue weighted by atomic mass is 16.5. The lowest BCUT2D eigenvalue weighted by Gasteiger charge is -2.07. The van der Waals surface area contributed by atoms with Crippen molar-refractivity contribution in [1.29, 1.82) is 0 Å². The number of aryl methyl sites for hydroxylation is 3. The molecule has 27 heavy (non-hydrogen) atoms. The number of aromatic hydroxyl groups is 1. The number of phenolic OH excluding ortho intramolecular Hbond substituents is 1. The van der Waals surface area contributed by atoms with Crippen molar-refractivity contribution in [3.8, 4) is 17.4 Å². The fraction of sp³-hybridized carbons (Fsp3) is 0.316. The summed E-state index contributed by atoms with van der Waals surface area (Å²) < 4.78 is 7.07. The van der Waals surface area contributed by atoms with E-state index < -0.39 is 0 Å². The van der Waals surface area contributed by atoms with Gasteiger partial charge in [0.25, 0.3) is 5.95 Å². The predicted octanol–water partition coefficient (Wildman–Crippen LogP) is 3.98. The van der Waals surface area contributed by atoms with Gasteiger partial charge in [0.1, 0.15) is 0 Å². The van der Waals surface area contributed by atoms with Crippen molar-refractivity contribution in [3.05, 3.63) is 53.0 Å². The number of benzene rings is 1. The normalized spacial score (nSPS) is 11.3. The van der Waals surface area contributed by atoms with Gasteiger partial charge in [0.2, 0.25) is 0 Å². The van der Waals surface area contributed by atoms with Crippen molar-refractivity contribution in [3.63, 3.8) is 0 Å². The molecule has 2 heterocycles. The summed E-state index contributed by atoms with van der Waals surface area (Å²) in [5, 5.41) is 22.6. The van der Waals surface area contributed by atoms with Gasteiger partial charge in [-0.1, -0.05) is 6.07 Å². The SMILES string of the molecule is CCOc1cc(CN=Nc2cc(C)nc(-n3nc(C)cc3C)n2)ccc1O. The van der Waals surface area contributed by atoms with Gasteiger partial charge in [0.15, 0.2) is 17.3 Å². The van der Waals surface area contributed by atoms with Crippen LogP contribution < -0.4 is 4.74 Å². The van der Waals surface area contributed by atoms with Gasteiger partial charge in [-0.05, 0) is 51.5 Å². The zero-order chi connectivity index (χ0) is 19.4. The number of phenols is 1. The minimum atomic E-state index is 0.110. The molecule has 0 aliphatic heterocycles. The van der Waals surface area contributed by atoms with Crippen LogP contribution in [0.1, 0.15) is 29.6 Å². The summed E-state index contributed by atoms with van der Waals surface area (Å²) >= 11 is 0. The van der Waals surface area contributed by atoms with Crippen molar-refractivity contribution < 1.29 is 9.84 Å². The van der Waals surface area contributed by atoms with Crippen molar-refractivity contribution in [2.75, 3.05) is 6.61 Å². The highest BCUT2D eigenvalue weighted by molar-refractivity contribution is 5.42. The van der Waals surface area contributed by atoms with E-state index in [-0.39, 0.29) is 5.75 Å². The first kappa shape index (κ1) is 18.5. The Morgan fingerprint density at radius 1 is 1.07 bits per heavy atom. The molecule has 1 aromatic carbocycles. The molecule has 0 saturated carbocycles. The number of ether oxygens (including phenoxy) is 1. The molecule has 2 aromatic heterocycles. The molecule has 140 valence electrons. The first-order valence-electron chi connectivity index (χ1n) is 8.67. The van der Waals surface area contributed by atoms with Crippen molar-refractivity contribution in [2.45, 2.75) is 34.2 Å². The van der Waals surface area contributed by atoms with Crippen LogP contribution in [0.2, 0.25) is 0 Å². The molecule has 0 amide bonds. The van der Waals surface area contributed by atoms with Gasteiger partial charge in [0.05, 0.1) is 18.8 Å². The zero-order valence-electron chi connectivity index (χ0n) is 15.8. The van der Waals surface area contributed by atoms with E-state index in [2.05, 4.69) is 25.3 Å². The molecule has 0 spiro atoms. The Bertz CT molecular complexity index is 980. The number of hydrogen-bond donors (Lipinski definition) is 1. The van der Waals surface area contributed by atoms with E-state index >= 15 is 0 Å². The topological polar surface area (TPSA) is 97.8 Å². The monoisotopic (exact) mass is 366 g/mol. The molecule has 1 N–H and O–H groups in total. The van der Waals surface area contributed by atoms with Crippen LogP contribution in [0.3, 0.4) is 0 Å².